The molecule has 4 nitrogen and oxygen atoms in total. The van der Waals surface area contributed by atoms with Crippen LogP contribution in [0.5, 0.6) is 0 Å². The molecule has 1 aliphatic carbocycles. The molecule has 7 rings (SSSR count). The van der Waals surface area contributed by atoms with Crippen molar-refractivity contribution in [3.05, 3.63) is 142 Å². The van der Waals surface area contributed by atoms with Crippen molar-refractivity contribution in [3.8, 4) is 0 Å². The van der Waals surface area contributed by atoms with Crippen LogP contribution in [0.15, 0.2) is 103 Å². The highest BCUT2D eigenvalue weighted by molar-refractivity contribution is 6.32. The van der Waals surface area contributed by atoms with Crippen molar-refractivity contribution in [3.63, 3.8) is 0 Å². The molecule has 0 amide bonds. The summed E-state index contributed by atoms with van der Waals surface area (Å²) in [6, 6.07) is 25.4. The molecule has 2 aliphatic heterocycles. The van der Waals surface area contributed by atoms with Gasteiger partial charge in [0.2, 0.25) is 0 Å². The third-order valence-corrected chi connectivity index (χ3v) is 8.57. The van der Waals surface area contributed by atoms with Gasteiger partial charge in [-0.25, -0.2) is 4.39 Å². The summed E-state index contributed by atoms with van der Waals surface area (Å²) in [6.07, 6.45) is 3.53. The van der Waals surface area contributed by atoms with Crippen LogP contribution >= 0.6 is 11.6 Å². The number of carbonyl (C=O) groups excluding carboxylic acids is 3. The molecule has 1 fully saturated rings. The quantitative estimate of drug-likeness (QED) is 0.215. The first-order chi connectivity index (χ1) is 18.9. The van der Waals surface area contributed by atoms with Crippen molar-refractivity contribution < 1.29 is 18.8 Å². The van der Waals surface area contributed by atoms with Crippen LogP contribution in [0.2, 0.25) is 5.02 Å². The predicted octanol–water partition coefficient (Wildman–Crippen LogP) is 6.80. The third-order valence-electron chi connectivity index (χ3n) is 8.32. The second kappa shape index (κ2) is 8.58. The van der Waals surface area contributed by atoms with E-state index < -0.39 is 29.2 Å². The maximum Gasteiger partial charge on any atom is 0.185 e. The van der Waals surface area contributed by atoms with Gasteiger partial charge in [0.1, 0.15) is 17.3 Å². The van der Waals surface area contributed by atoms with E-state index >= 15 is 0 Å². The summed E-state index contributed by atoms with van der Waals surface area (Å²) in [5, 5.41) is 0.502. The van der Waals surface area contributed by atoms with Crippen molar-refractivity contribution >= 4 is 40.7 Å². The summed E-state index contributed by atoms with van der Waals surface area (Å²) >= 11 is 6.24. The molecule has 1 spiro atoms. The smallest absolute Gasteiger partial charge is 0.185 e. The van der Waals surface area contributed by atoms with Crippen LogP contribution < -0.4 is 4.90 Å². The number of halogens is 2. The SMILES string of the molecule is O=C(c1ccccc1)[C@H]1[C@H](c2ccc(Cl)cc2)C2(C(=O)c3ccccc3C2=O)[C@@H]2C=Cc3cc(F)ccc3N21. The molecule has 0 bridgehead atoms. The van der Waals surface area contributed by atoms with Gasteiger partial charge >= 0.3 is 0 Å². The highest BCUT2D eigenvalue weighted by atomic mass is 35.5. The number of benzene rings is 4. The molecular weight excluding hydrogens is 513 g/mol. The summed E-state index contributed by atoms with van der Waals surface area (Å²) in [7, 11) is 0. The average molecular weight is 534 g/mol. The van der Waals surface area contributed by atoms with E-state index in [2.05, 4.69) is 0 Å². The number of rotatable bonds is 3. The summed E-state index contributed by atoms with van der Waals surface area (Å²) in [6.45, 7) is 0. The molecule has 0 saturated carbocycles. The lowest BCUT2D eigenvalue weighted by atomic mass is 9.64. The highest BCUT2D eigenvalue weighted by Gasteiger charge is 2.71. The number of nitrogens with zero attached hydrogens (tertiary/aromatic N) is 1. The fourth-order valence-electron chi connectivity index (χ4n) is 6.76. The predicted molar refractivity (Wildman–Crippen MR) is 148 cm³/mol. The lowest BCUT2D eigenvalue weighted by Crippen LogP contribution is -2.48. The molecule has 190 valence electrons. The summed E-state index contributed by atoms with van der Waals surface area (Å²) in [5.41, 5.74) is 1.42. The Labute approximate surface area is 229 Å². The zero-order chi connectivity index (χ0) is 26.9. The maximum absolute atomic E-state index is 14.5. The van der Waals surface area contributed by atoms with E-state index in [1.165, 1.54) is 12.1 Å². The minimum absolute atomic E-state index is 0.223. The number of hydrogen-bond acceptors (Lipinski definition) is 4. The van der Waals surface area contributed by atoms with E-state index in [9.17, 15) is 18.8 Å². The summed E-state index contributed by atoms with van der Waals surface area (Å²) < 4.78 is 14.3. The molecule has 1 saturated heterocycles. The molecule has 2 heterocycles. The zero-order valence-electron chi connectivity index (χ0n) is 20.6. The monoisotopic (exact) mass is 533 g/mol. The van der Waals surface area contributed by atoms with Crippen LogP contribution in [0, 0.1) is 11.2 Å². The van der Waals surface area contributed by atoms with E-state index in [1.54, 1.807) is 91.0 Å². The molecule has 6 heteroatoms. The van der Waals surface area contributed by atoms with E-state index in [0.717, 1.165) is 0 Å². The van der Waals surface area contributed by atoms with Crippen LogP contribution in [-0.2, 0) is 0 Å². The number of carbonyl (C=O) groups is 3. The van der Waals surface area contributed by atoms with Crippen LogP contribution in [0.25, 0.3) is 6.08 Å². The number of ketones is 3. The van der Waals surface area contributed by atoms with Gasteiger partial charge in [-0.1, -0.05) is 90.5 Å². The highest BCUT2D eigenvalue weighted by Crippen LogP contribution is 2.61. The Bertz CT molecular complexity index is 1680. The fourth-order valence-corrected chi connectivity index (χ4v) is 6.89. The molecular formula is C33H21ClFNO3. The van der Waals surface area contributed by atoms with E-state index in [1.807, 2.05) is 11.0 Å². The molecule has 0 radical (unpaired) electrons. The van der Waals surface area contributed by atoms with Gasteiger partial charge in [0.05, 0.1) is 6.04 Å². The van der Waals surface area contributed by atoms with Crippen molar-refractivity contribution in [1.82, 2.24) is 0 Å². The molecule has 3 atom stereocenters. The fraction of sp³-hybridized carbons (Fsp3) is 0.121. The van der Waals surface area contributed by atoms with Gasteiger partial charge in [0.15, 0.2) is 17.3 Å². The van der Waals surface area contributed by atoms with Crippen LogP contribution in [-0.4, -0.2) is 29.4 Å². The molecule has 4 aromatic rings. The van der Waals surface area contributed by atoms with Gasteiger partial charge in [-0.2, -0.15) is 0 Å². The Kier molecular flexibility index (Phi) is 5.23. The average Bonchev–Trinajstić information content (AvgIpc) is 3.39. The molecule has 0 N–H and O–H groups in total. The molecule has 0 aromatic heterocycles. The molecule has 3 aliphatic rings. The van der Waals surface area contributed by atoms with Gasteiger partial charge in [-0.05, 0) is 35.9 Å². The van der Waals surface area contributed by atoms with E-state index in [4.69, 9.17) is 11.6 Å². The van der Waals surface area contributed by atoms with Crippen molar-refractivity contribution in [2.75, 3.05) is 4.90 Å². The Hall–Kier alpha value is -4.35. The molecule has 0 unspecified atom stereocenters. The summed E-state index contributed by atoms with van der Waals surface area (Å²) in [5.74, 6) is -2.08. The van der Waals surface area contributed by atoms with Crippen LogP contribution in [0.4, 0.5) is 10.1 Å². The maximum atomic E-state index is 14.5. The van der Waals surface area contributed by atoms with Gasteiger partial charge < -0.3 is 4.90 Å². The molecule has 39 heavy (non-hydrogen) atoms. The Balaban J connectivity index is 1.55. The standard InChI is InChI=1S/C33H21ClFNO3/c34-22-13-10-19(11-14-22)28-29(30(37)20-6-2-1-3-7-20)36-26-16-15-23(35)18-21(26)12-17-27(36)33(28)31(38)24-8-4-5-9-25(24)32(33)39/h1-18,27-29H/t27-,28-,29+/m0/s1. The topological polar surface area (TPSA) is 54.5 Å². The van der Waals surface area contributed by atoms with Crippen molar-refractivity contribution in [2.24, 2.45) is 5.41 Å². The van der Waals surface area contributed by atoms with Gasteiger partial charge in [0.25, 0.3) is 0 Å². The van der Waals surface area contributed by atoms with E-state index in [0.29, 0.717) is 38.5 Å². The van der Waals surface area contributed by atoms with Crippen LogP contribution in [0.1, 0.15) is 48.1 Å². The van der Waals surface area contributed by atoms with Crippen molar-refractivity contribution in [2.45, 2.75) is 18.0 Å². The van der Waals surface area contributed by atoms with Crippen molar-refractivity contribution in [1.29, 1.82) is 0 Å². The second-order valence-corrected chi connectivity index (χ2v) is 10.6. The van der Waals surface area contributed by atoms with Gasteiger partial charge in [-0.3, -0.25) is 14.4 Å². The van der Waals surface area contributed by atoms with Gasteiger partial charge in [0, 0.05) is 38.9 Å². The molecule has 4 aromatic carbocycles. The van der Waals surface area contributed by atoms with E-state index in [-0.39, 0.29) is 17.3 Å². The number of anilines is 1. The minimum atomic E-state index is -1.60. The first kappa shape index (κ1) is 23.7. The number of fused-ring (bicyclic) bond motifs is 5. The Morgan fingerprint density at radius 3 is 2.13 bits per heavy atom. The second-order valence-electron chi connectivity index (χ2n) is 10.2. The lowest BCUT2D eigenvalue weighted by Gasteiger charge is -2.37. The normalized spacial score (nSPS) is 22.1. The minimum Gasteiger partial charge on any atom is -0.352 e. The Morgan fingerprint density at radius 1 is 0.821 bits per heavy atom. The van der Waals surface area contributed by atoms with Gasteiger partial charge in [-0.15, -0.1) is 0 Å². The number of hydrogen-bond donors (Lipinski definition) is 0. The number of Topliss-reactive ketones (excluding diaryl/α,β-unsaturated/α-hetero) is 3. The zero-order valence-corrected chi connectivity index (χ0v) is 21.3. The van der Waals surface area contributed by atoms with Crippen LogP contribution in [0.3, 0.4) is 0 Å². The third kappa shape index (κ3) is 3.20. The Morgan fingerprint density at radius 2 is 1.46 bits per heavy atom. The first-order valence-electron chi connectivity index (χ1n) is 12.7. The largest absolute Gasteiger partial charge is 0.352 e. The lowest BCUT2D eigenvalue weighted by molar-refractivity contribution is 0.0666. The summed E-state index contributed by atoms with van der Waals surface area (Å²) in [4.78, 5) is 45.4. The first-order valence-corrected chi connectivity index (χ1v) is 13.1.